The van der Waals surface area contributed by atoms with Gasteiger partial charge in [0.2, 0.25) is 16.8 Å². The Morgan fingerprint density at radius 3 is 1.86 bits per heavy atom. The van der Waals surface area contributed by atoms with Crippen LogP contribution in [0.3, 0.4) is 0 Å². The number of aryl methyl sites for hydroxylation is 2. The van der Waals surface area contributed by atoms with Crippen LogP contribution in [0.15, 0.2) is 145 Å². The number of ether oxygens (including phenoxy) is 1. The van der Waals surface area contributed by atoms with Gasteiger partial charge in [0.1, 0.15) is 41.0 Å². The van der Waals surface area contributed by atoms with Gasteiger partial charge in [-0.1, -0.05) is 86.6 Å². The number of aromatic nitrogens is 1. The molecule has 0 saturated carbocycles. The summed E-state index contributed by atoms with van der Waals surface area (Å²) in [4.78, 5) is 55.7. The number of rotatable bonds is 17. The van der Waals surface area contributed by atoms with E-state index in [1.165, 1.54) is 18.9 Å². The third-order valence-corrected chi connectivity index (χ3v) is 18.3. The molecule has 0 aliphatic carbocycles. The molecule has 7 rings (SSSR count). The number of thioether (sulfide) groups is 1. The van der Waals surface area contributed by atoms with Crippen molar-refractivity contribution in [3.63, 3.8) is 0 Å². The van der Waals surface area contributed by atoms with Gasteiger partial charge < -0.3 is 38.3 Å². The van der Waals surface area contributed by atoms with E-state index in [1.807, 2.05) is 109 Å². The fourth-order valence-corrected chi connectivity index (χ4v) is 15.7. The summed E-state index contributed by atoms with van der Waals surface area (Å²) in [5.74, 6) is -2.67. The number of fused-ring (bicyclic) bond motifs is 2. The number of nitrogens with zero attached hydrogens (tertiary/aromatic N) is 2. The topological polar surface area (TPSA) is 122 Å². The second-order valence-electron chi connectivity index (χ2n) is 16.2. The zero-order chi connectivity index (χ0) is 45.6. The maximum atomic E-state index is 16.3. The number of methoxy groups -OCH3 is 1. The van der Waals surface area contributed by atoms with E-state index in [0.717, 1.165) is 30.4 Å². The monoisotopic (exact) mass is 902 g/mol. The van der Waals surface area contributed by atoms with Crippen molar-refractivity contribution in [1.82, 2.24) is 15.1 Å². The minimum absolute atomic E-state index is 0.0450. The Balaban J connectivity index is 1.26. The van der Waals surface area contributed by atoms with Crippen LogP contribution in [-0.2, 0) is 23.9 Å². The number of amides is 3. The first-order chi connectivity index (χ1) is 30.8. The van der Waals surface area contributed by atoms with Crippen molar-refractivity contribution in [2.75, 3.05) is 18.2 Å². The lowest BCUT2D eigenvalue weighted by Gasteiger charge is -2.34. The molecule has 0 radical (unpaired) electrons. The molecule has 5 aromatic rings. The van der Waals surface area contributed by atoms with Gasteiger partial charge in [-0.15, -0.1) is 11.8 Å². The highest BCUT2D eigenvalue weighted by Gasteiger charge is 2.57. The van der Waals surface area contributed by atoms with E-state index in [1.54, 1.807) is 64.1 Å². The van der Waals surface area contributed by atoms with Gasteiger partial charge in [0.25, 0.3) is 5.91 Å². The summed E-state index contributed by atoms with van der Waals surface area (Å²) < 4.78 is 39.6. The number of carbonyl (C=O) groups excluding carboxylic acids is 4. The van der Waals surface area contributed by atoms with Gasteiger partial charge in [-0.25, -0.2) is 4.79 Å². The smallest absolute Gasteiger partial charge is 0.467 e. The quantitative estimate of drug-likeness (QED) is 0.0527. The normalized spacial score (nSPS) is 15.3. The van der Waals surface area contributed by atoms with Gasteiger partial charge in [0, 0.05) is 48.2 Å². The molecule has 1 unspecified atom stereocenters. The third kappa shape index (κ3) is 9.26. The van der Waals surface area contributed by atoms with Gasteiger partial charge in [-0.2, -0.15) is 0 Å². The molecule has 3 atom stereocenters. The zero-order valence-corrected chi connectivity index (χ0v) is 38.1. The number of benzene rings is 4. The van der Waals surface area contributed by atoms with Crippen molar-refractivity contribution in [3.05, 3.63) is 162 Å². The average Bonchev–Trinajstić information content (AvgIpc) is 3.86. The van der Waals surface area contributed by atoms with Crippen molar-refractivity contribution in [2.24, 2.45) is 5.92 Å². The molecule has 3 amide bonds. The molecule has 330 valence electrons. The van der Waals surface area contributed by atoms with Crippen molar-refractivity contribution in [3.8, 4) is 0 Å². The molecule has 0 fully saturated rings. The molecular formula is C49H52BF2N5O5PS+. The van der Waals surface area contributed by atoms with Crippen LogP contribution in [0.25, 0.3) is 6.08 Å². The van der Waals surface area contributed by atoms with E-state index in [2.05, 4.69) is 16.0 Å². The number of para-hydroxylation sites is 1. The summed E-state index contributed by atoms with van der Waals surface area (Å²) in [7, 11) is -1.75. The number of halogens is 2. The molecule has 2 aliphatic heterocycles. The SMILES string of the molecule is COC(=O)[C@@H](NC(=O)[C@H](CSC(C(=O)Nc1ccccc1)[P+](c1ccccc1)(c1ccccc1)c1ccccc1)NC(=O)CCC1=[N+]2C(=Cc3c(C)cc(C)n3[B-]2(F)F)C=C1)C(C)C. The molecule has 1 aromatic heterocycles. The number of nitrogens with one attached hydrogen (secondary N) is 3. The van der Waals surface area contributed by atoms with Crippen LogP contribution in [0.5, 0.6) is 0 Å². The summed E-state index contributed by atoms with van der Waals surface area (Å²) in [5.41, 5.74) is 2.82. The lowest BCUT2D eigenvalue weighted by atomic mass is 9.90. The second-order valence-corrected chi connectivity index (χ2v) is 21.2. The highest BCUT2D eigenvalue weighted by molar-refractivity contribution is 8.15. The van der Waals surface area contributed by atoms with Crippen LogP contribution < -0.4 is 31.9 Å². The Labute approximate surface area is 377 Å². The predicted octanol–water partition coefficient (Wildman–Crippen LogP) is 6.98. The lowest BCUT2D eigenvalue weighted by molar-refractivity contribution is -0.362. The molecule has 3 N–H and O–H groups in total. The van der Waals surface area contributed by atoms with E-state index in [-0.39, 0.29) is 36.1 Å². The van der Waals surface area contributed by atoms with Crippen LogP contribution in [0.4, 0.5) is 14.3 Å². The van der Waals surface area contributed by atoms with E-state index in [9.17, 15) is 14.4 Å². The first kappa shape index (κ1) is 45.9. The van der Waals surface area contributed by atoms with Gasteiger partial charge in [0.05, 0.1) is 7.11 Å². The number of hydrogen-bond acceptors (Lipinski definition) is 6. The Bertz CT molecular complexity index is 2510. The minimum atomic E-state index is -4.25. The Hall–Kier alpha value is -6.11. The first-order valence-corrected chi connectivity index (χ1v) is 24.1. The molecular weight excluding hydrogens is 850 g/mol. The molecule has 0 spiro atoms. The molecule has 10 nitrogen and oxygen atoms in total. The number of allylic oxidation sites excluding steroid dienone is 2. The van der Waals surface area contributed by atoms with Gasteiger partial charge in [-0.3, -0.25) is 14.4 Å². The van der Waals surface area contributed by atoms with E-state index >= 15 is 13.4 Å². The van der Waals surface area contributed by atoms with Crippen LogP contribution in [0.2, 0.25) is 0 Å². The Morgan fingerprint density at radius 1 is 0.781 bits per heavy atom. The number of carbonyl (C=O) groups is 4. The standard InChI is InChI=1S/C49H51BF2N5O5PS/c1-33(2)45(48(61)62-5)55-46(59)42(54-44(58)29-28-37-26-27-38-31-43-34(3)30-35(4)56(43)50(51,52)57(37)38)32-64-49(47(60)53-36-18-10-6-11-19-36)63(39-20-12-7-13-21-39,40-22-14-8-15-23-40)41-24-16-9-17-25-41/h6-27,30-31,33,42,45,49H,28-29,32H2,1-5H3,(H2-,53,54,55,58,59,60)/p+1/t42-,45-,49?/m0/s1. The molecule has 15 heteroatoms. The maximum Gasteiger partial charge on any atom is 0.737 e. The molecule has 64 heavy (non-hydrogen) atoms. The van der Waals surface area contributed by atoms with Crippen molar-refractivity contribution in [1.29, 1.82) is 0 Å². The van der Waals surface area contributed by atoms with E-state index in [4.69, 9.17) is 4.74 Å². The maximum absolute atomic E-state index is 16.3. The number of anilines is 1. The zero-order valence-electron chi connectivity index (χ0n) is 36.4. The molecule has 4 aromatic carbocycles. The Kier molecular flexibility index (Phi) is 14.2. The summed E-state index contributed by atoms with van der Waals surface area (Å²) in [5, 5.41) is 11.6. The molecule has 0 bridgehead atoms. The molecule has 2 aliphatic rings. The summed E-state index contributed by atoms with van der Waals surface area (Å²) in [6.45, 7) is 2.73. The average molecular weight is 903 g/mol. The van der Waals surface area contributed by atoms with Crippen LogP contribution in [-0.4, -0.2) is 75.3 Å². The second kappa shape index (κ2) is 19.7. The largest absolute Gasteiger partial charge is 0.737 e. The van der Waals surface area contributed by atoms with Gasteiger partial charge >= 0.3 is 12.9 Å². The van der Waals surface area contributed by atoms with Crippen molar-refractivity contribution in [2.45, 2.75) is 57.6 Å². The summed E-state index contributed by atoms with van der Waals surface area (Å²) >= 11 is 1.24. The van der Waals surface area contributed by atoms with E-state index in [0.29, 0.717) is 22.8 Å². The third-order valence-electron chi connectivity index (χ3n) is 11.6. The van der Waals surface area contributed by atoms with E-state index < -0.39 is 49.1 Å². The number of hydrogen-bond donors (Lipinski definition) is 3. The first-order valence-electron chi connectivity index (χ1n) is 21.2. The van der Waals surface area contributed by atoms with Crippen molar-refractivity contribution < 1.29 is 37.0 Å². The van der Waals surface area contributed by atoms with Crippen LogP contribution in [0, 0.1) is 19.8 Å². The number of esters is 1. The summed E-state index contributed by atoms with van der Waals surface area (Å²) in [6, 6.07) is 38.1. The highest BCUT2D eigenvalue weighted by Crippen LogP contribution is 2.63. The van der Waals surface area contributed by atoms with Crippen LogP contribution >= 0.6 is 19.0 Å². The minimum Gasteiger partial charge on any atom is -0.467 e. The van der Waals surface area contributed by atoms with Gasteiger partial charge in [0.15, 0.2) is 5.70 Å². The molecule has 3 heterocycles. The lowest BCUT2D eigenvalue weighted by Crippen LogP contribution is -2.55. The fraction of sp³-hybridized carbons (Fsp3) is 0.245. The fourth-order valence-electron chi connectivity index (χ4n) is 8.58. The van der Waals surface area contributed by atoms with Gasteiger partial charge in [-0.05, 0) is 85.6 Å². The summed E-state index contributed by atoms with van der Waals surface area (Å²) in [6.07, 6.45) is 4.69. The highest BCUT2D eigenvalue weighted by atomic mass is 32.2. The molecule has 0 saturated heterocycles. The van der Waals surface area contributed by atoms with Crippen LogP contribution in [0.1, 0.15) is 43.6 Å². The van der Waals surface area contributed by atoms with Crippen molar-refractivity contribution >= 4 is 83.1 Å². The predicted molar refractivity (Wildman–Crippen MR) is 256 cm³/mol. The Morgan fingerprint density at radius 2 is 1.33 bits per heavy atom.